The summed E-state index contributed by atoms with van der Waals surface area (Å²) >= 11 is 0.788. The summed E-state index contributed by atoms with van der Waals surface area (Å²) < 4.78 is 32.7. The SMILES string of the molecule is COc1ccc(S(=O)(=O)NC2=CC(=O)/C(=C3/C(=O)N(C)c4ccc([N+](=O)[O-])cc43)S2)cc1. The average molecular weight is 473 g/mol. The van der Waals surface area contributed by atoms with Crippen molar-refractivity contribution in [3.05, 3.63) is 74.2 Å². The number of ether oxygens (including phenoxy) is 1. The van der Waals surface area contributed by atoms with E-state index in [0.717, 1.165) is 17.8 Å². The van der Waals surface area contributed by atoms with Crippen molar-refractivity contribution in [3.63, 3.8) is 0 Å². The number of anilines is 1. The third-order valence-corrected chi connectivity index (χ3v) is 7.43. The number of thioether (sulfide) groups is 1. The van der Waals surface area contributed by atoms with E-state index in [4.69, 9.17) is 4.74 Å². The van der Waals surface area contributed by atoms with Gasteiger partial charge in [0.25, 0.3) is 21.6 Å². The van der Waals surface area contributed by atoms with E-state index in [1.165, 1.54) is 61.5 Å². The number of nitrogens with one attached hydrogen (secondary N) is 1. The minimum absolute atomic E-state index is 0.00362. The number of methoxy groups -OCH3 is 1. The first-order chi connectivity index (χ1) is 15.1. The lowest BCUT2D eigenvalue weighted by atomic mass is 10.0. The van der Waals surface area contributed by atoms with E-state index in [1.807, 2.05) is 0 Å². The summed E-state index contributed by atoms with van der Waals surface area (Å²) in [6, 6.07) is 9.61. The maximum absolute atomic E-state index is 12.8. The van der Waals surface area contributed by atoms with Gasteiger partial charge in [0.1, 0.15) is 5.75 Å². The average Bonchev–Trinajstić information content (AvgIpc) is 3.23. The number of allylic oxidation sites excluding steroid dienone is 2. The highest BCUT2D eigenvalue weighted by atomic mass is 32.2. The molecule has 2 aromatic rings. The molecule has 1 N–H and O–H groups in total. The zero-order valence-electron chi connectivity index (χ0n) is 16.7. The zero-order valence-corrected chi connectivity index (χ0v) is 18.3. The molecule has 32 heavy (non-hydrogen) atoms. The highest BCUT2D eigenvalue weighted by Crippen LogP contribution is 2.45. The molecule has 0 aromatic heterocycles. The van der Waals surface area contributed by atoms with E-state index in [-0.39, 0.29) is 31.7 Å². The second kappa shape index (κ2) is 7.80. The number of carbonyl (C=O) groups is 2. The summed E-state index contributed by atoms with van der Waals surface area (Å²) in [7, 11) is -1.05. The summed E-state index contributed by atoms with van der Waals surface area (Å²) in [6.45, 7) is 0. The molecule has 0 radical (unpaired) electrons. The van der Waals surface area contributed by atoms with Crippen molar-refractivity contribution in [2.24, 2.45) is 0 Å². The number of rotatable bonds is 5. The fourth-order valence-electron chi connectivity index (χ4n) is 3.29. The molecule has 0 saturated heterocycles. The molecule has 1 amide bonds. The Morgan fingerprint density at radius 1 is 1.12 bits per heavy atom. The topological polar surface area (TPSA) is 136 Å². The van der Waals surface area contributed by atoms with Crippen LogP contribution in [0.15, 0.2) is 63.4 Å². The predicted octanol–water partition coefficient (Wildman–Crippen LogP) is 2.43. The number of non-ortho nitro benzene ring substituents is 1. The lowest BCUT2D eigenvalue weighted by molar-refractivity contribution is -0.384. The van der Waals surface area contributed by atoms with Crippen LogP contribution in [-0.4, -0.2) is 39.2 Å². The van der Waals surface area contributed by atoms with Gasteiger partial charge in [-0.1, -0.05) is 11.8 Å². The predicted molar refractivity (Wildman–Crippen MR) is 117 cm³/mol. The molecular weight excluding hydrogens is 458 g/mol. The van der Waals surface area contributed by atoms with Gasteiger partial charge in [-0.3, -0.25) is 24.4 Å². The van der Waals surface area contributed by atoms with Crippen molar-refractivity contribution in [3.8, 4) is 5.75 Å². The van der Waals surface area contributed by atoms with Gasteiger partial charge in [0.05, 0.1) is 38.1 Å². The molecule has 0 unspecified atom stereocenters. The van der Waals surface area contributed by atoms with Crippen LogP contribution in [0.1, 0.15) is 5.56 Å². The van der Waals surface area contributed by atoms with Gasteiger partial charge in [-0.15, -0.1) is 0 Å². The normalized spacial score (nSPS) is 17.9. The van der Waals surface area contributed by atoms with Crippen LogP contribution < -0.4 is 14.4 Å². The number of nitrogens with zero attached hydrogens (tertiary/aromatic N) is 2. The molecule has 2 heterocycles. The molecule has 2 aromatic carbocycles. The molecule has 2 aliphatic heterocycles. The first-order valence-corrected chi connectivity index (χ1v) is 11.3. The van der Waals surface area contributed by atoms with Gasteiger partial charge in [-0.25, -0.2) is 8.42 Å². The molecule has 164 valence electrons. The van der Waals surface area contributed by atoms with Crippen molar-refractivity contribution in [1.29, 1.82) is 0 Å². The fraction of sp³-hybridized carbons (Fsp3) is 0.100. The Hall–Kier alpha value is -3.64. The number of carbonyl (C=O) groups excluding carboxylic acids is 2. The molecule has 4 rings (SSSR count). The maximum Gasteiger partial charge on any atom is 0.270 e. The summed E-state index contributed by atoms with van der Waals surface area (Å²) in [5.74, 6) is -0.597. The van der Waals surface area contributed by atoms with Crippen molar-refractivity contribution in [1.82, 2.24) is 4.72 Å². The lowest BCUT2D eigenvalue weighted by Crippen LogP contribution is -2.21. The molecule has 0 bridgehead atoms. The zero-order chi connectivity index (χ0) is 23.2. The number of sulfonamides is 1. The van der Waals surface area contributed by atoms with E-state index in [2.05, 4.69) is 4.72 Å². The molecule has 0 saturated carbocycles. The fourth-order valence-corrected chi connectivity index (χ4v) is 5.56. The van der Waals surface area contributed by atoms with Crippen molar-refractivity contribution >= 4 is 50.4 Å². The highest BCUT2D eigenvalue weighted by molar-refractivity contribution is 8.09. The Kier molecular flexibility index (Phi) is 5.26. The van der Waals surface area contributed by atoms with Crippen LogP contribution >= 0.6 is 11.8 Å². The molecular formula is C20H15N3O7S2. The monoisotopic (exact) mass is 473 g/mol. The maximum atomic E-state index is 12.8. The molecule has 0 atom stereocenters. The second-order valence-corrected chi connectivity index (χ2v) is 9.52. The van der Waals surface area contributed by atoms with E-state index in [9.17, 15) is 28.1 Å². The van der Waals surface area contributed by atoms with Crippen LogP contribution in [-0.2, 0) is 19.6 Å². The Bertz CT molecular complexity index is 1350. The molecule has 0 fully saturated rings. The summed E-state index contributed by atoms with van der Waals surface area (Å²) in [4.78, 5) is 37.3. The number of likely N-dealkylation sites (N-methyl/N-ethyl adjacent to an activating group) is 1. The van der Waals surface area contributed by atoms with Crippen LogP contribution in [0.25, 0.3) is 5.57 Å². The Balaban J connectivity index is 1.67. The van der Waals surface area contributed by atoms with Crippen molar-refractivity contribution < 1.29 is 27.7 Å². The van der Waals surface area contributed by atoms with Gasteiger partial charge in [-0.05, 0) is 30.3 Å². The highest BCUT2D eigenvalue weighted by Gasteiger charge is 2.38. The number of benzene rings is 2. The van der Waals surface area contributed by atoms with Gasteiger partial charge in [0.2, 0.25) is 0 Å². The van der Waals surface area contributed by atoms with Crippen molar-refractivity contribution in [2.75, 3.05) is 19.1 Å². The van der Waals surface area contributed by atoms with Crippen LogP contribution in [0.5, 0.6) is 5.75 Å². The number of nitro groups is 1. The smallest absolute Gasteiger partial charge is 0.270 e. The van der Waals surface area contributed by atoms with Crippen LogP contribution in [0.2, 0.25) is 0 Å². The standard InChI is InChI=1S/C20H15N3O7S2/c1-22-15-8-3-11(23(26)27)9-14(15)18(20(22)25)19-16(24)10-17(31-19)21-32(28,29)13-6-4-12(30-2)5-7-13/h3-10,21H,1-2H3/b19-18-. The van der Waals surface area contributed by atoms with Gasteiger partial charge in [-0.2, -0.15) is 0 Å². The Morgan fingerprint density at radius 2 is 1.81 bits per heavy atom. The lowest BCUT2D eigenvalue weighted by Gasteiger charge is -2.09. The number of ketones is 1. The van der Waals surface area contributed by atoms with E-state index >= 15 is 0 Å². The molecule has 2 aliphatic rings. The molecule has 10 nitrogen and oxygen atoms in total. The van der Waals surface area contributed by atoms with Gasteiger partial charge in [0, 0.05) is 30.8 Å². The van der Waals surface area contributed by atoms with Gasteiger partial charge < -0.3 is 9.64 Å². The van der Waals surface area contributed by atoms with E-state index in [1.54, 1.807) is 0 Å². The Labute approximate surface area is 186 Å². The van der Waals surface area contributed by atoms with Crippen LogP contribution in [0, 0.1) is 10.1 Å². The number of hydrogen-bond donors (Lipinski definition) is 1. The van der Waals surface area contributed by atoms with Crippen LogP contribution in [0.3, 0.4) is 0 Å². The Morgan fingerprint density at radius 3 is 2.44 bits per heavy atom. The summed E-state index contributed by atoms with van der Waals surface area (Å²) in [5.41, 5.74) is 0.434. The first-order valence-electron chi connectivity index (χ1n) is 9.04. The number of hydrogen-bond acceptors (Lipinski definition) is 8. The van der Waals surface area contributed by atoms with Gasteiger partial charge >= 0.3 is 0 Å². The van der Waals surface area contributed by atoms with Gasteiger partial charge in [0.15, 0.2) is 5.78 Å². The molecule has 12 heteroatoms. The third kappa shape index (κ3) is 3.63. The largest absolute Gasteiger partial charge is 0.497 e. The summed E-state index contributed by atoms with van der Waals surface area (Å²) in [5, 5.41) is 11.2. The minimum Gasteiger partial charge on any atom is -0.497 e. The van der Waals surface area contributed by atoms with E-state index in [0.29, 0.717) is 11.4 Å². The third-order valence-electron chi connectivity index (χ3n) is 4.87. The minimum atomic E-state index is -4.00. The van der Waals surface area contributed by atoms with Crippen molar-refractivity contribution in [2.45, 2.75) is 4.90 Å². The quantitative estimate of drug-likeness (QED) is 0.397. The molecule has 0 aliphatic carbocycles. The number of amides is 1. The van der Waals surface area contributed by atoms with Crippen LogP contribution in [0.4, 0.5) is 11.4 Å². The molecule has 0 spiro atoms. The second-order valence-electron chi connectivity index (χ2n) is 6.78. The number of nitro benzene ring substituents is 1. The first kappa shape index (κ1) is 21.6. The number of fused-ring (bicyclic) bond motifs is 1. The van der Waals surface area contributed by atoms with E-state index < -0.39 is 26.6 Å². The summed E-state index contributed by atoms with van der Waals surface area (Å²) in [6.07, 6.45) is 1.08.